The predicted octanol–water partition coefficient (Wildman–Crippen LogP) is 5.10. The van der Waals surface area contributed by atoms with Crippen LogP contribution in [0.3, 0.4) is 0 Å². The number of esters is 1. The molecule has 180 valence electrons. The number of alkyl halides is 3. The second kappa shape index (κ2) is 10.1. The van der Waals surface area contributed by atoms with Crippen molar-refractivity contribution in [2.45, 2.75) is 31.2 Å². The van der Waals surface area contributed by atoms with Crippen LogP contribution in [0.15, 0.2) is 48.7 Å². The Hall–Kier alpha value is -2.95. The van der Waals surface area contributed by atoms with E-state index in [-0.39, 0.29) is 33.9 Å². The third-order valence-electron chi connectivity index (χ3n) is 5.18. The van der Waals surface area contributed by atoms with Crippen LogP contribution in [0.25, 0.3) is 0 Å². The molecule has 34 heavy (non-hydrogen) atoms. The van der Waals surface area contributed by atoms with Crippen LogP contribution in [-0.4, -0.2) is 39.5 Å². The number of hydrogen-bond acceptors (Lipinski definition) is 7. The summed E-state index contributed by atoms with van der Waals surface area (Å²) in [6.07, 6.45) is -3.94. The molecule has 0 saturated heterocycles. The van der Waals surface area contributed by atoms with Gasteiger partial charge in [-0.2, -0.15) is 13.2 Å². The molecule has 0 aliphatic heterocycles. The van der Waals surface area contributed by atoms with Gasteiger partial charge in [-0.15, -0.1) is 10.2 Å². The lowest BCUT2D eigenvalue weighted by molar-refractivity contribution is -0.274. The molecule has 1 aromatic carbocycles. The molecule has 0 fully saturated rings. The minimum atomic E-state index is -5.03. The molecule has 3 aromatic rings. The third kappa shape index (κ3) is 5.24. The van der Waals surface area contributed by atoms with Crippen molar-refractivity contribution in [3.05, 3.63) is 81.2 Å². The van der Waals surface area contributed by atoms with Crippen molar-refractivity contribution >= 4 is 29.2 Å². The largest absolute Gasteiger partial charge is 0.472 e. The first-order valence-corrected chi connectivity index (χ1v) is 10.5. The van der Waals surface area contributed by atoms with Gasteiger partial charge >= 0.3 is 12.1 Å². The van der Waals surface area contributed by atoms with Gasteiger partial charge in [0.15, 0.2) is 11.3 Å². The summed E-state index contributed by atoms with van der Waals surface area (Å²) in [6, 6.07) is 9.14. The van der Waals surface area contributed by atoms with Crippen molar-refractivity contribution in [3.63, 3.8) is 0 Å². The van der Waals surface area contributed by atoms with E-state index in [9.17, 15) is 23.1 Å². The fourth-order valence-corrected chi connectivity index (χ4v) is 3.84. The summed E-state index contributed by atoms with van der Waals surface area (Å²) >= 11 is 12.1. The molecule has 2 heterocycles. The molecule has 0 saturated carbocycles. The van der Waals surface area contributed by atoms with E-state index in [4.69, 9.17) is 27.9 Å². The smallest absolute Gasteiger partial charge is 0.422 e. The van der Waals surface area contributed by atoms with Crippen LogP contribution in [0.5, 0.6) is 5.88 Å². The lowest BCUT2D eigenvalue weighted by atomic mass is 9.78. The Morgan fingerprint density at radius 3 is 2.41 bits per heavy atom. The van der Waals surface area contributed by atoms with E-state index in [0.29, 0.717) is 5.56 Å². The number of benzene rings is 1. The van der Waals surface area contributed by atoms with E-state index in [0.717, 1.165) is 18.3 Å². The molecule has 0 spiro atoms. The molecule has 1 N–H and O–H groups in total. The fraction of sp³-hybridized carbons (Fsp3) is 0.273. The van der Waals surface area contributed by atoms with Crippen LogP contribution in [-0.2, 0) is 16.9 Å². The molecule has 2 unspecified atom stereocenters. The molecule has 12 heteroatoms. The highest BCUT2D eigenvalue weighted by Crippen LogP contribution is 2.50. The number of methoxy groups -OCH3 is 1. The van der Waals surface area contributed by atoms with Gasteiger partial charge in [-0.05, 0) is 41.0 Å². The van der Waals surface area contributed by atoms with Crippen LogP contribution in [0.4, 0.5) is 13.2 Å². The SMILES string of the molecule is COC(=O)c1ccc(OCc2ccc(C(C)C(O)(c3ccnc(Cl)c3)C(F)(F)F)c(Cl)c2)nn1. The number of ether oxygens (including phenoxy) is 2. The lowest BCUT2D eigenvalue weighted by Gasteiger charge is -2.37. The quantitative estimate of drug-likeness (QED) is 0.345. The van der Waals surface area contributed by atoms with Crippen LogP contribution in [0.1, 0.15) is 40.0 Å². The zero-order valence-electron chi connectivity index (χ0n) is 17.8. The number of pyridine rings is 1. The topological polar surface area (TPSA) is 94.4 Å². The number of aliphatic hydroxyl groups is 1. The van der Waals surface area contributed by atoms with Gasteiger partial charge in [0.25, 0.3) is 0 Å². The van der Waals surface area contributed by atoms with Crippen molar-refractivity contribution in [1.82, 2.24) is 15.2 Å². The Labute approximate surface area is 202 Å². The van der Waals surface area contributed by atoms with Gasteiger partial charge in [-0.25, -0.2) is 9.78 Å². The van der Waals surface area contributed by atoms with Gasteiger partial charge < -0.3 is 14.6 Å². The molecule has 3 rings (SSSR count). The maximum Gasteiger partial charge on any atom is 0.422 e. The zero-order valence-corrected chi connectivity index (χ0v) is 19.3. The summed E-state index contributed by atoms with van der Waals surface area (Å²) in [6.45, 7) is 1.20. The predicted molar refractivity (Wildman–Crippen MR) is 117 cm³/mol. The second-order valence-electron chi connectivity index (χ2n) is 7.25. The highest BCUT2D eigenvalue weighted by molar-refractivity contribution is 6.31. The molecular formula is C22H18Cl2F3N3O4. The maximum absolute atomic E-state index is 14.1. The Morgan fingerprint density at radius 2 is 1.85 bits per heavy atom. The molecule has 7 nitrogen and oxygen atoms in total. The average molecular weight is 516 g/mol. The third-order valence-corrected chi connectivity index (χ3v) is 5.71. The van der Waals surface area contributed by atoms with Gasteiger partial charge in [0.1, 0.15) is 11.8 Å². The highest BCUT2D eigenvalue weighted by atomic mass is 35.5. The standard InChI is InChI=1S/C22H18Cl2F3N3O4/c1-12(21(32,22(25,26)27)14-7-8-28-18(24)10-14)15-4-3-13(9-16(15)23)11-34-19-6-5-17(29-30-19)20(31)33-2/h3-10,12,32H,11H2,1-2H3. The molecule has 0 amide bonds. The fourth-order valence-electron chi connectivity index (χ4n) is 3.30. The Kier molecular flexibility index (Phi) is 7.64. The van der Waals surface area contributed by atoms with E-state index < -0.39 is 29.2 Å². The second-order valence-corrected chi connectivity index (χ2v) is 8.04. The van der Waals surface area contributed by atoms with E-state index >= 15 is 0 Å². The summed E-state index contributed by atoms with van der Waals surface area (Å²) in [7, 11) is 1.21. The van der Waals surface area contributed by atoms with E-state index in [1.54, 1.807) is 0 Å². The number of rotatable bonds is 7. The number of halogens is 5. The van der Waals surface area contributed by atoms with Gasteiger partial charge in [0, 0.05) is 23.2 Å². The molecule has 2 aromatic heterocycles. The van der Waals surface area contributed by atoms with Gasteiger partial charge in [-0.3, -0.25) is 0 Å². The van der Waals surface area contributed by atoms with E-state index in [1.165, 1.54) is 44.4 Å². The van der Waals surface area contributed by atoms with Crippen molar-refractivity contribution in [3.8, 4) is 5.88 Å². The average Bonchev–Trinajstić information content (AvgIpc) is 2.81. The van der Waals surface area contributed by atoms with Crippen LogP contribution < -0.4 is 4.74 Å². The first-order chi connectivity index (χ1) is 16.0. The number of nitrogens with zero attached hydrogens (tertiary/aromatic N) is 3. The van der Waals surface area contributed by atoms with Crippen LogP contribution >= 0.6 is 23.2 Å². The van der Waals surface area contributed by atoms with Crippen molar-refractivity contribution in [1.29, 1.82) is 0 Å². The van der Waals surface area contributed by atoms with Gasteiger partial charge in [0.2, 0.25) is 5.88 Å². The van der Waals surface area contributed by atoms with Gasteiger partial charge in [0.05, 0.1) is 7.11 Å². The minimum Gasteiger partial charge on any atom is -0.472 e. The van der Waals surface area contributed by atoms with E-state index in [2.05, 4.69) is 19.9 Å². The summed E-state index contributed by atoms with van der Waals surface area (Å²) in [5.74, 6) is -2.02. The Balaban J connectivity index is 1.82. The van der Waals surface area contributed by atoms with Crippen molar-refractivity contribution < 1.29 is 32.5 Å². The van der Waals surface area contributed by atoms with E-state index in [1.807, 2.05) is 0 Å². The minimum absolute atomic E-state index is 0.00329. The summed E-state index contributed by atoms with van der Waals surface area (Å²) in [5, 5.41) is 18.1. The normalized spacial score (nSPS) is 14.2. The molecule has 0 bridgehead atoms. The molecule has 2 atom stereocenters. The Morgan fingerprint density at radius 1 is 1.12 bits per heavy atom. The number of carbonyl (C=O) groups excluding carboxylic acids is 1. The summed E-state index contributed by atoms with van der Waals surface area (Å²) in [5.41, 5.74) is -3.12. The molecule has 0 aliphatic rings. The Bertz CT molecular complexity index is 1180. The van der Waals surface area contributed by atoms with Crippen LogP contribution in [0, 0.1) is 0 Å². The van der Waals surface area contributed by atoms with Crippen molar-refractivity contribution in [2.24, 2.45) is 0 Å². The highest BCUT2D eigenvalue weighted by Gasteiger charge is 2.59. The number of aromatic nitrogens is 3. The first-order valence-electron chi connectivity index (χ1n) is 9.71. The first kappa shape index (κ1) is 25.7. The van der Waals surface area contributed by atoms with Crippen LogP contribution in [0.2, 0.25) is 10.2 Å². The maximum atomic E-state index is 14.1. The number of carbonyl (C=O) groups is 1. The van der Waals surface area contributed by atoms with Crippen molar-refractivity contribution in [2.75, 3.05) is 7.11 Å². The molecule has 0 radical (unpaired) electrons. The summed E-state index contributed by atoms with van der Waals surface area (Å²) < 4.78 is 52.2. The zero-order chi connectivity index (χ0) is 25.1. The summed E-state index contributed by atoms with van der Waals surface area (Å²) in [4.78, 5) is 15.1. The van der Waals surface area contributed by atoms with Gasteiger partial charge in [-0.1, -0.05) is 42.3 Å². The lowest BCUT2D eigenvalue weighted by Crippen LogP contribution is -2.46. The molecular weight excluding hydrogens is 498 g/mol. The number of hydrogen-bond donors (Lipinski definition) is 1. The monoisotopic (exact) mass is 515 g/mol. The molecule has 0 aliphatic carbocycles.